The number of para-hydroxylation sites is 2. The minimum Gasteiger partial charge on any atom is -0.457 e. The summed E-state index contributed by atoms with van der Waals surface area (Å²) in [4.78, 5) is 162. The Hall–Kier alpha value is -9.28. The summed E-state index contributed by atoms with van der Waals surface area (Å²) in [6.07, 6.45) is 18.2. The number of unbranched alkanes of at least 4 members (excludes halogenated alkanes) is 2. The van der Waals surface area contributed by atoms with E-state index in [-0.39, 0.29) is 115 Å². The summed E-state index contributed by atoms with van der Waals surface area (Å²) >= 11 is 0. The van der Waals surface area contributed by atoms with Crippen LogP contribution in [0, 0.1) is 0 Å². The molecule has 2 amide bonds. The molecule has 0 bridgehead atoms. The van der Waals surface area contributed by atoms with Gasteiger partial charge in [-0.2, -0.15) is 0 Å². The highest BCUT2D eigenvalue weighted by atomic mass is 16.6. The van der Waals surface area contributed by atoms with Crippen LogP contribution in [-0.4, -0.2) is 329 Å². The lowest BCUT2D eigenvalue weighted by Gasteiger charge is -2.37. The molecule has 766 valence electrons. The molecule has 140 heavy (non-hydrogen) atoms. The molecule has 2 aromatic carbocycles. The number of pyridine rings is 4. The fourth-order valence-corrected chi connectivity index (χ4v) is 20.4. The van der Waals surface area contributed by atoms with Gasteiger partial charge in [0.15, 0.2) is 0 Å². The second-order valence-corrected chi connectivity index (χ2v) is 39.5. The smallest absolute Gasteiger partial charge is 0.355 e. The summed E-state index contributed by atoms with van der Waals surface area (Å²) in [5.74, 6) is -4.36. The van der Waals surface area contributed by atoms with E-state index in [0.717, 1.165) is 229 Å². The highest BCUT2D eigenvalue weighted by Crippen LogP contribution is 2.44. The lowest BCUT2D eigenvalue weighted by atomic mass is 9.85. The lowest BCUT2D eigenvalue weighted by molar-refractivity contribution is -0.189. The van der Waals surface area contributed by atoms with Crippen molar-refractivity contribution in [1.29, 1.82) is 0 Å². The lowest BCUT2D eigenvalue weighted by Crippen LogP contribution is -2.48. The molecule has 4 aliphatic carbocycles. The molecule has 0 radical (unpaired) electrons. The molecule has 0 spiro atoms. The molecule has 4 fully saturated rings. The number of carbonyl (C=O) groups excluding carboxylic acids is 8. The van der Waals surface area contributed by atoms with Crippen LogP contribution in [0.3, 0.4) is 0 Å². The number of ketones is 2. The maximum absolute atomic E-state index is 14.2. The van der Waals surface area contributed by atoms with Crippen LogP contribution >= 0.6 is 0 Å². The number of nitrogens with one attached hydrogen (secondary N) is 9. The van der Waals surface area contributed by atoms with Gasteiger partial charge in [-0.15, -0.1) is 0 Å². The van der Waals surface area contributed by atoms with Gasteiger partial charge in [-0.25, -0.2) is 19.6 Å². The average Bonchev–Trinajstić information content (AvgIpc) is 1.55. The molecule has 4 aliphatic heterocycles. The number of esters is 4. The third-order valence-corrected chi connectivity index (χ3v) is 29.9. The van der Waals surface area contributed by atoms with E-state index in [1.165, 1.54) is 77.0 Å². The number of carbonyl (C=O) groups is 8. The Morgan fingerprint density at radius 1 is 0.414 bits per heavy atom. The van der Waals surface area contributed by atoms with Gasteiger partial charge in [0, 0.05) is 279 Å². The molecule has 35 heteroatoms. The zero-order chi connectivity index (χ0) is 98.0. The van der Waals surface area contributed by atoms with Crippen molar-refractivity contribution in [2.75, 3.05) is 209 Å². The van der Waals surface area contributed by atoms with Crippen molar-refractivity contribution in [3.63, 3.8) is 0 Å². The van der Waals surface area contributed by atoms with Gasteiger partial charge in [-0.1, -0.05) is 82.3 Å². The topological polar surface area (TPSA) is 423 Å². The van der Waals surface area contributed by atoms with Crippen molar-refractivity contribution in [3.05, 3.63) is 127 Å². The van der Waals surface area contributed by atoms with E-state index in [1.807, 2.05) is 60.7 Å². The van der Waals surface area contributed by atoms with Crippen LogP contribution in [-0.2, 0) is 94.8 Å². The summed E-state index contributed by atoms with van der Waals surface area (Å²) in [5.41, 5.74) is 14.2. The van der Waals surface area contributed by atoms with Crippen molar-refractivity contribution in [2.45, 2.75) is 236 Å². The molecule has 2 atom stereocenters. The Bertz CT molecular complexity index is 5230. The summed E-state index contributed by atoms with van der Waals surface area (Å²) in [7, 11) is 0. The monoisotopic (exact) mass is 1940 g/mol. The minimum atomic E-state index is -1.93. The van der Waals surface area contributed by atoms with Gasteiger partial charge in [-0.3, -0.25) is 53.1 Å². The van der Waals surface area contributed by atoms with E-state index >= 15 is 0 Å². The van der Waals surface area contributed by atoms with Crippen LogP contribution in [0.15, 0.2) is 82.4 Å². The Morgan fingerprint density at radius 3 is 1.32 bits per heavy atom. The van der Waals surface area contributed by atoms with Gasteiger partial charge in [0.05, 0.1) is 64.4 Å². The van der Waals surface area contributed by atoms with Gasteiger partial charge in [0.2, 0.25) is 23.0 Å². The second-order valence-electron chi connectivity index (χ2n) is 39.5. The Balaban J connectivity index is 0.542. The normalized spacial score (nSPS) is 17.7. The zero-order valence-corrected chi connectivity index (χ0v) is 83.2. The largest absolute Gasteiger partial charge is 0.457 e. The van der Waals surface area contributed by atoms with Gasteiger partial charge in [0.25, 0.3) is 11.1 Å². The average molecular weight is 1940 g/mol. The van der Waals surface area contributed by atoms with E-state index in [0.29, 0.717) is 99.1 Å². The molecule has 8 heterocycles. The van der Waals surface area contributed by atoms with Crippen molar-refractivity contribution in [2.24, 2.45) is 11.5 Å². The number of nitrogens with zero attached hydrogens (tertiary/aromatic N) is 10. The predicted octanol–water partition coefficient (Wildman–Crippen LogP) is 5.00. The van der Waals surface area contributed by atoms with Gasteiger partial charge in [-0.05, 0) is 140 Å². The van der Waals surface area contributed by atoms with Crippen LogP contribution in [0.25, 0.3) is 44.6 Å². The molecular formula is C105H157N21O14. The van der Waals surface area contributed by atoms with Gasteiger partial charge >= 0.3 is 23.9 Å². The molecule has 0 unspecified atom stereocenters. The van der Waals surface area contributed by atoms with Crippen molar-refractivity contribution < 1.29 is 57.3 Å². The first-order chi connectivity index (χ1) is 68.3. The minimum absolute atomic E-state index is 0.00625. The van der Waals surface area contributed by atoms with Crippen LogP contribution in [0.5, 0.6) is 0 Å². The van der Waals surface area contributed by atoms with Crippen LogP contribution in [0.4, 0.5) is 0 Å². The summed E-state index contributed by atoms with van der Waals surface area (Å²) in [6, 6.07) is 25.2. The number of hydrogen-bond donors (Lipinski definition) is 11. The number of fused-ring (bicyclic) bond motifs is 10. The number of amides is 2. The first-order valence-corrected chi connectivity index (χ1v) is 52.8. The van der Waals surface area contributed by atoms with E-state index < -0.39 is 47.5 Å². The Kier molecular flexibility index (Phi) is 41.4. The number of benzene rings is 2. The molecule has 4 saturated carbocycles. The highest BCUT2D eigenvalue weighted by molar-refractivity contribution is 5.93. The molecule has 13 N–H and O–H groups in total. The zero-order valence-electron chi connectivity index (χ0n) is 83.2. The number of aromatic nitrogens is 4. The maximum atomic E-state index is 14.2. The number of hydrogen-bond acceptors (Lipinski definition) is 31. The summed E-state index contributed by atoms with van der Waals surface area (Å²) < 4.78 is 26.3. The number of Topliss-reactive ketones (excluding diaryl/α,β-unsaturated/α-hetero) is 2. The van der Waals surface area contributed by atoms with E-state index in [4.69, 9.17) is 40.4 Å². The predicted molar refractivity (Wildman–Crippen MR) is 542 cm³/mol. The highest BCUT2D eigenvalue weighted by Gasteiger charge is 2.52. The van der Waals surface area contributed by atoms with Crippen LogP contribution < -0.4 is 70.4 Å². The third kappa shape index (κ3) is 29.5. The van der Waals surface area contributed by atoms with Crippen molar-refractivity contribution in [3.8, 4) is 22.8 Å². The van der Waals surface area contributed by atoms with Crippen LogP contribution in [0.2, 0.25) is 0 Å². The van der Waals surface area contributed by atoms with Gasteiger partial charge < -0.3 is 102 Å². The van der Waals surface area contributed by atoms with Crippen molar-refractivity contribution >= 4 is 69.1 Å². The number of nitrogens with two attached hydrogens (primary N) is 2. The third-order valence-electron chi connectivity index (χ3n) is 29.9. The molecule has 8 aliphatic rings. The number of cyclic esters (lactones) is 2. The fraction of sp³-hybridized carbons (Fsp3) is 0.657. The molecule has 6 aromatic rings. The first kappa shape index (κ1) is 106. The molecule has 0 saturated heterocycles. The fourth-order valence-electron chi connectivity index (χ4n) is 20.4. The first-order valence-electron chi connectivity index (χ1n) is 52.8. The maximum Gasteiger partial charge on any atom is 0.355 e. The Morgan fingerprint density at radius 2 is 0.829 bits per heavy atom. The van der Waals surface area contributed by atoms with Gasteiger partial charge in [0.1, 0.15) is 31.3 Å². The molecule has 4 aromatic heterocycles. The number of rotatable bonds is 69. The standard InChI is InChI=1S/C105H157N21O14/c1-3-104(88-69-92-98-78(67-76-17-6-8-28-90(76)117-98)72-125(92)100(133)86(88)74-137-102(104)135)139-96(131)35-32-85(128)31-33-94(129)115-49-58-122(55-43-110-40-39-109-41-42-112-80-19-12-20-80)64-62-120(54-44-111-46-60-124(83-25-15-26-83)59-45-108-38-36-106)51-11-5-10-50-119(53-37-107)61-65-123(57-48-114-82-23-14-24-82)66-63-121(56-47-113-81-21-13-22-81)52-16-27-84(127)30-34-95(130)116-71-97(132)140-105(4-2)89-70-93-99-79(68-77-18-7-9-29-91(77)118-99)73-126(93)101(134)87(89)75-138-103(105)136/h6-9,17-18,28-29,67-70,80-83,108-114H,3-5,10-16,19-27,30-66,71-75,106-107H2,1-2H3,(H,115,129)(H,116,130)/t104-,105-/m0/s1. The summed E-state index contributed by atoms with van der Waals surface area (Å²) in [6.45, 7) is 28.5. The quantitative estimate of drug-likeness (QED) is 0.0136. The SMILES string of the molecule is CC[C@@]1(OC(=O)CCC(=O)CCC(=O)NCCN(CCNCCNCCNC2CCC2)CCN(CCCCCN(CCN)CCN(CCNC2CCC2)CCN(CCCC(=O)CCC(=O)NCC(=O)O[C@]2(CC)C(=O)OCc3c2cc2n(c3=O)Cc3cc4ccccc4nc3-2)CCNC2CCC2)CCNCCN(CCNCCN)C2CCC2)C(=O)OCc2c1cc1n(c2=O)Cc2cc3ccccc3nc2-1. The van der Waals surface area contributed by atoms with E-state index in [2.05, 4.69) is 77.3 Å². The van der Waals surface area contributed by atoms with E-state index in [9.17, 15) is 47.9 Å². The second kappa shape index (κ2) is 54.4. The van der Waals surface area contributed by atoms with Crippen molar-refractivity contribution in [1.82, 2.24) is 96.4 Å². The molecular weight excluding hydrogens is 1780 g/mol. The number of ether oxygens (including phenoxy) is 4. The van der Waals surface area contributed by atoms with E-state index in [1.54, 1.807) is 35.1 Å². The molecule has 14 rings (SSSR count). The Labute approximate surface area is 825 Å². The summed E-state index contributed by atoms with van der Waals surface area (Å²) in [5, 5.41) is 33.4. The van der Waals surface area contributed by atoms with Crippen LogP contribution in [0.1, 0.15) is 208 Å². The molecule has 35 nitrogen and oxygen atoms in total.